The van der Waals surface area contributed by atoms with Crippen LogP contribution >= 0.6 is 11.6 Å². The summed E-state index contributed by atoms with van der Waals surface area (Å²) in [5.41, 5.74) is 2.61. The average Bonchev–Trinajstić information content (AvgIpc) is 3.53. The molecule has 2 aromatic carbocycles. The van der Waals surface area contributed by atoms with Crippen LogP contribution in [-0.2, 0) is 9.59 Å². The van der Waals surface area contributed by atoms with Gasteiger partial charge >= 0.3 is 0 Å². The molecule has 29 heavy (non-hydrogen) atoms. The molecule has 2 amide bonds. The lowest BCUT2D eigenvalue weighted by Crippen LogP contribution is -2.46. The van der Waals surface area contributed by atoms with E-state index in [1.54, 1.807) is 4.90 Å². The molecule has 6 heteroatoms. The first-order valence-electron chi connectivity index (χ1n) is 10.2. The summed E-state index contributed by atoms with van der Waals surface area (Å²) < 4.78 is 0. The summed E-state index contributed by atoms with van der Waals surface area (Å²) in [5.74, 6) is -0.0389. The van der Waals surface area contributed by atoms with Crippen molar-refractivity contribution in [3.05, 3.63) is 59.1 Å². The predicted octanol–water partition coefficient (Wildman–Crippen LogP) is 4.63. The molecule has 1 aliphatic heterocycles. The van der Waals surface area contributed by atoms with E-state index in [0.717, 1.165) is 24.1 Å². The number of benzene rings is 2. The number of amides is 2. The molecule has 1 saturated carbocycles. The van der Waals surface area contributed by atoms with Gasteiger partial charge in [-0.15, -0.1) is 0 Å². The van der Waals surface area contributed by atoms with Crippen molar-refractivity contribution < 1.29 is 9.59 Å². The van der Waals surface area contributed by atoms with Crippen molar-refractivity contribution in [2.45, 2.75) is 51.2 Å². The van der Waals surface area contributed by atoms with Crippen LogP contribution in [0.15, 0.2) is 48.5 Å². The normalized spacial score (nSPS) is 20.1. The number of nitrogens with one attached hydrogen (secondary N) is 1. The van der Waals surface area contributed by atoms with Crippen molar-refractivity contribution in [1.82, 2.24) is 4.90 Å². The fourth-order valence-electron chi connectivity index (χ4n) is 4.12. The maximum absolute atomic E-state index is 13.5. The molecule has 2 aromatic rings. The van der Waals surface area contributed by atoms with Gasteiger partial charge in [-0.05, 0) is 56.5 Å². The molecular formula is C23H26ClN3O2. The van der Waals surface area contributed by atoms with Gasteiger partial charge in [0.1, 0.15) is 0 Å². The Morgan fingerprint density at radius 1 is 1.21 bits per heavy atom. The molecule has 2 aliphatic rings. The molecule has 152 valence electrons. The van der Waals surface area contributed by atoms with E-state index in [4.69, 9.17) is 11.6 Å². The van der Waals surface area contributed by atoms with E-state index in [9.17, 15) is 9.59 Å². The van der Waals surface area contributed by atoms with Crippen LogP contribution in [0.5, 0.6) is 0 Å². The van der Waals surface area contributed by atoms with E-state index in [2.05, 4.69) is 17.1 Å². The Morgan fingerprint density at radius 2 is 1.90 bits per heavy atom. The van der Waals surface area contributed by atoms with E-state index >= 15 is 0 Å². The summed E-state index contributed by atoms with van der Waals surface area (Å²) >= 11 is 6.04. The van der Waals surface area contributed by atoms with Crippen molar-refractivity contribution >= 4 is 34.8 Å². The predicted molar refractivity (Wildman–Crippen MR) is 116 cm³/mol. The fraction of sp³-hybridized carbons (Fsp3) is 0.391. The Hall–Kier alpha value is -2.37. The maximum atomic E-state index is 13.5. The number of carbonyl (C=O) groups is 2. The standard InChI is InChI=1S/C23H26ClN3O2/c1-15-13-22(28)25-20-5-3-4-6-21(20)27(15)23(29)14-26(19-11-12-19)16(2)17-7-9-18(24)10-8-17/h3-10,15-16,19H,11-14H2,1-2H3,(H,25,28)/t15-,16+/m0/s1. The molecular weight excluding hydrogens is 386 g/mol. The van der Waals surface area contributed by atoms with Crippen LogP contribution < -0.4 is 10.2 Å². The average molecular weight is 412 g/mol. The summed E-state index contributed by atoms with van der Waals surface area (Å²) in [7, 11) is 0. The molecule has 1 fully saturated rings. The molecule has 2 atom stereocenters. The number of nitrogens with zero attached hydrogens (tertiary/aromatic N) is 2. The zero-order valence-electron chi connectivity index (χ0n) is 16.8. The van der Waals surface area contributed by atoms with Crippen LogP contribution in [0, 0.1) is 0 Å². The Bertz CT molecular complexity index is 911. The maximum Gasteiger partial charge on any atom is 0.241 e. The van der Waals surface area contributed by atoms with Gasteiger partial charge in [-0.3, -0.25) is 14.5 Å². The summed E-state index contributed by atoms with van der Waals surface area (Å²) in [5, 5.41) is 3.63. The monoisotopic (exact) mass is 411 g/mol. The Kier molecular flexibility index (Phi) is 5.61. The minimum absolute atomic E-state index is 0.0224. The molecule has 0 bridgehead atoms. The molecule has 0 aromatic heterocycles. The van der Waals surface area contributed by atoms with Crippen LogP contribution in [-0.4, -0.2) is 35.3 Å². The number of hydrogen-bond donors (Lipinski definition) is 1. The van der Waals surface area contributed by atoms with Crippen molar-refractivity contribution in [2.75, 3.05) is 16.8 Å². The minimum Gasteiger partial charge on any atom is -0.324 e. The van der Waals surface area contributed by atoms with Gasteiger partial charge in [0.05, 0.1) is 17.9 Å². The smallest absolute Gasteiger partial charge is 0.241 e. The summed E-state index contributed by atoms with van der Waals surface area (Å²) in [6.45, 7) is 4.39. The number of anilines is 2. The summed E-state index contributed by atoms with van der Waals surface area (Å²) in [4.78, 5) is 29.8. The molecule has 0 spiro atoms. The molecule has 0 radical (unpaired) electrons. The first kappa shape index (κ1) is 19.9. The highest BCUT2D eigenvalue weighted by atomic mass is 35.5. The Morgan fingerprint density at radius 3 is 2.59 bits per heavy atom. The molecule has 4 rings (SSSR count). The Labute approximate surface area is 176 Å². The zero-order valence-corrected chi connectivity index (χ0v) is 17.5. The Balaban J connectivity index is 1.59. The van der Waals surface area contributed by atoms with Crippen molar-refractivity contribution in [3.63, 3.8) is 0 Å². The second-order valence-corrected chi connectivity index (χ2v) is 8.45. The van der Waals surface area contributed by atoms with Gasteiger partial charge < -0.3 is 10.2 Å². The van der Waals surface area contributed by atoms with Crippen LogP contribution in [0.1, 0.15) is 44.7 Å². The highest BCUT2D eigenvalue weighted by Gasteiger charge is 2.37. The van der Waals surface area contributed by atoms with Gasteiger partial charge in [-0.25, -0.2) is 0 Å². The van der Waals surface area contributed by atoms with Gasteiger partial charge in [0.15, 0.2) is 0 Å². The lowest BCUT2D eigenvalue weighted by Gasteiger charge is -2.34. The third kappa shape index (κ3) is 4.31. The van der Waals surface area contributed by atoms with E-state index in [1.165, 1.54) is 0 Å². The van der Waals surface area contributed by atoms with Crippen LogP contribution in [0.2, 0.25) is 5.02 Å². The van der Waals surface area contributed by atoms with Crippen LogP contribution in [0.3, 0.4) is 0 Å². The highest BCUT2D eigenvalue weighted by Crippen LogP contribution is 2.36. The second-order valence-electron chi connectivity index (χ2n) is 8.01. The SMILES string of the molecule is C[C@H](c1ccc(Cl)cc1)N(CC(=O)N1c2ccccc2NC(=O)C[C@@H]1C)C1CC1. The molecule has 1 heterocycles. The second kappa shape index (κ2) is 8.17. The largest absolute Gasteiger partial charge is 0.324 e. The van der Waals surface area contributed by atoms with E-state index in [0.29, 0.717) is 23.3 Å². The minimum atomic E-state index is -0.196. The lowest BCUT2D eigenvalue weighted by atomic mass is 10.1. The molecule has 5 nitrogen and oxygen atoms in total. The molecule has 0 unspecified atom stereocenters. The number of hydrogen-bond acceptors (Lipinski definition) is 3. The summed E-state index contributed by atoms with van der Waals surface area (Å²) in [6.07, 6.45) is 2.51. The number of rotatable bonds is 5. The van der Waals surface area contributed by atoms with Gasteiger partial charge in [-0.1, -0.05) is 35.9 Å². The van der Waals surface area contributed by atoms with E-state index < -0.39 is 0 Å². The first-order chi connectivity index (χ1) is 13.9. The van der Waals surface area contributed by atoms with Crippen molar-refractivity contribution in [2.24, 2.45) is 0 Å². The first-order valence-corrected chi connectivity index (χ1v) is 10.5. The highest BCUT2D eigenvalue weighted by molar-refractivity contribution is 6.30. The third-order valence-electron chi connectivity index (χ3n) is 5.81. The molecule has 1 N–H and O–H groups in total. The molecule has 1 aliphatic carbocycles. The van der Waals surface area contributed by atoms with Crippen molar-refractivity contribution in [1.29, 1.82) is 0 Å². The van der Waals surface area contributed by atoms with Gasteiger partial charge in [0.2, 0.25) is 11.8 Å². The third-order valence-corrected chi connectivity index (χ3v) is 6.06. The zero-order chi connectivity index (χ0) is 20.5. The quantitative estimate of drug-likeness (QED) is 0.780. The number of para-hydroxylation sites is 2. The number of carbonyl (C=O) groups excluding carboxylic acids is 2. The van der Waals surface area contributed by atoms with Crippen LogP contribution in [0.4, 0.5) is 11.4 Å². The molecule has 0 saturated heterocycles. The lowest BCUT2D eigenvalue weighted by molar-refractivity contribution is -0.121. The number of halogens is 1. The fourth-order valence-corrected chi connectivity index (χ4v) is 4.25. The van der Waals surface area contributed by atoms with Crippen molar-refractivity contribution in [3.8, 4) is 0 Å². The van der Waals surface area contributed by atoms with E-state index in [1.807, 2.05) is 55.5 Å². The number of fused-ring (bicyclic) bond motifs is 1. The van der Waals surface area contributed by atoms with Gasteiger partial charge in [0.25, 0.3) is 0 Å². The summed E-state index contributed by atoms with van der Waals surface area (Å²) in [6, 6.07) is 15.7. The van der Waals surface area contributed by atoms with Crippen LogP contribution in [0.25, 0.3) is 0 Å². The van der Waals surface area contributed by atoms with Gasteiger partial charge in [-0.2, -0.15) is 0 Å². The topological polar surface area (TPSA) is 52.7 Å². The van der Waals surface area contributed by atoms with E-state index in [-0.39, 0.29) is 30.3 Å². The van der Waals surface area contributed by atoms with Gasteiger partial charge in [0, 0.05) is 29.6 Å².